The molecule has 3 aromatic heterocycles. The van der Waals surface area contributed by atoms with Crippen molar-refractivity contribution in [3.05, 3.63) is 55.0 Å². The summed E-state index contributed by atoms with van der Waals surface area (Å²) in [6, 6.07) is 7.07. The van der Waals surface area contributed by atoms with Crippen molar-refractivity contribution in [1.82, 2.24) is 44.7 Å². The lowest BCUT2D eigenvalue weighted by Crippen LogP contribution is -2.51. The van der Waals surface area contributed by atoms with Gasteiger partial charge in [0.2, 0.25) is 5.91 Å². The largest absolute Gasteiger partial charge is 0.453 e. The predicted octanol–water partition coefficient (Wildman–Crippen LogP) is 3.10. The Kier molecular flexibility index (Phi) is 6.95. The van der Waals surface area contributed by atoms with Gasteiger partial charge in [0, 0.05) is 13.6 Å². The fraction of sp³-hybridized carbons (Fsp3) is 0.385. The third-order valence-electron chi connectivity index (χ3n) is 6.85. The van der Waals surface area contributed by atoms with Gasteiger partial charge in [-0.15, -0.1) is 5.10 Å². The number of hydrogen-bond acceptors (Lipinski definition) is 7. The standard InChI is InChI=1S/C26H31N9O3/c1-16(2)23(30-26(37)38-4)25(36)34-11-5-6-21(34)24-28-12-19(29-24)17-7-9-18(10-8-17)35-14-20(31-32-35)22-13-27-15-33(22)3/h7-10,12-16,21,23H,5-6,11H2,1-4H3,(H,28,29)(H,30,37)/t21-,23-/m0/s1. The van der Waals surface area contributed by atoms with E-state index in [1.165, 1.54) is 7.11 Å². The fourth-order valence-electron chi connectivity index (χ4n) is 4.75. The molecule has 2 amide bonds. The Morgan fingerprint density at radius 1 is 1.18 bits per heavy atom. The van der Waals surface area contributed by atoms with Crippen molar-refractivity contribution in [1.29, 1.82) is 0 Å². The zero-order valence-electron chi connectivity index (χ0n) is 21.8. The molecule has 1 aliphatic heterocycles. The van der Waals surface area contributed by atoms with Crippen LogP contribution in [-0.4, -0.2) is 71.1 Å². The van der Waals surface area contributed by atoms with Crippen molar-refractivity contribution in [3.8, 4) is 28.3 Å². The smallest absolute Gasteiger partial charge is 0.407 e. The molecule has 12 heteroatoms. The summed E-state index contributed by atoms with van der Waals surface area (Å²) in [5.41, 5.74) is 4.32. The van der Waals surface area contributed by atoms with Crippen LogP contribution >= 0.6 is 0 Å². The second-order valence-electron chi connectivity index (χ2n) is 9.71. The molecule has 1 saturated heterocycles. The molecule has 5 rings (SSSR count). The number of rotatable bonds is 7. The van der Waals surface area contributed by atoms with Gasteiger partial charge in [-0.2, -0.15) is 0 Å². The quantitative estimate of drug-likeness (QED) is 0.384. The number of amides is 2. The highest BCUT2D eigenvalue weighted by Crippen LogP contribution is 2.33. The van der Waals surface area contributed by atoms with E-state index in [9.17, 15) is 9.59 Å². The summed E-state index contributed by atoms with van der Waals surface area (Å²) in [6.07, 6.45) is 8.18. The van der Waals surface area contributed by atoms with Crippen LogP contribution in [0.5, 0.6) is 0 Å². The number of nitrogens with one attached hydrogen (secondary N) is 2. The number of aromatic amines is 1. The third kappa shape index (κ3) is 4.89. The molecule has 38 heavy (non-hydrogen) atoms. The number of imidazole rings is 2. The number of aryl methyl sites for hydroxylation is 1. The van der Waals surface area contributed by atoms with Crippen LogP contribution in [0.3, 0.4) is 0 Å². The van der Waals surface area contributed by atoms with E-state index in [0.717, 1.165) is 47.0 Å². The molecule has 1 fully saturated rings. The van der Waals surface area contributed by atoms with Gasteiger partial charge in [-0.05, 0) is 36.5 Å². The number of carbonyl (C=O) groups is 2. The van der Waals surface area contributed by atoms with Crippen LogP contribution < -0.4 is 5.32 Å². The molecule has 0 unspecified atom stereocenters. The molecule has 12 nitrogen and oxygen atoms in total. The van der Waals surface area contributed by atoms with Gasteiger partial charge < -0.3 is 24.5 Å². The minimum Gasteiger partial charge on any atom is -0.453 e. The summed E-state index contributed by atoms with van der Waals surface area (Å²) in [6.45, 7) is 4.41. The highest BCUT2D eigenvalue weighted by atomic mass is 16.5. The molecule has 0 radical (unpaired) electrons. The number of benzene rings is 1. The van der Waals surface area contributed by atoms with Gasteiger partial charge in [0.1, 0.15) is 17.6 Å². The number of hydrogen-bond donors (Lipinski definition) is 2. The van der Waals surface area contributed by atoms with Crippen LogP contribution in [0, 0.1) is 5.92 Å². The molecular formula is C26H31N9O3. The van der Waals surface area contributed by atoms with Crippen LogP contribution in [-0.2, 0) is 16.6 Å². The summed E-state index contributed by atoms with van der Waals surface area (Å²) in [4.78, 5) is 39.1. The lowest BCUT2D eigenvalue weighted by Gasteiger charge is -2.30. The predicted molar refractivity (Wildman–Crippen MR) is 139 cm³/mol. The summed E-state index contributed by atoms with van der Waals surface area (Å²) in [5, 5.41) is 11.2. The van der Waals surface area contributed by atoms with Gasteiger partial charge in [-0.3, -0.25) is 4.79 Å². The molecule has 4 aromatic rings. The Bertz CT molecular complexity index is 1420. The number of methoxy groups -OCH3 is 1. The molecule has 4 heterocycles. The molecule has 0 aliphatic carbocycles. The minimum absolute atomic E-state index is 0.0845. The highest BCUT2D eigenvalue weighted by Gasteiger charge is 2.37. The summed E-state index contributed by atoms with van der Waals surface area (Å²) in [7, 11) is 3.20. The Morgan fingerprint density at radius 3 is 2.66 bits per heavy atom. The Labute approximate surface area is 220 Å². The molecule has 2 N–H and O–H groups in total. The number of alkyl carbamates (subject to hydrolysis) is 1. The van der Waals surface area contributed by atoms with E-state index in [0.29, 0.717) is 6.54 Å². The maximum atomic E-state index is 13.4. The first kappa shape index (κ1) is 25.2. The van der Waals surface area contributed by atoms with E-state index in [1.54, 1.807) is 28.3 Å². The molecule has 198 valence electrons. The average Bonchev–Trinajstić information content (AvgIpc) is 3.72. The lowest BCUT2D eigenvalue weighted by atomic mass is 10.0. The van der Waals surface area contributed by atoms with E-state index in [1.807, 2.05) is 55.9 Å². The third-order valence-corrected chi connectivity index (χ3v) is 6.85. The Balaban J connectivity index is 1.31. The SMILES string of the molecule is COC(=O)N[C@H](C(=O)N1CCC[C@H]1c1ncc(-c2ccc(-n3cc(-c4cncn4C)nn3)cc2)[nH]1)C(C)C. The van der Waals surface area contributed by atoms with E-state index < -0.39 is 12.1 Å². The van der Waals surface area contributed by atoms with E-state index in [-0.39, 0.29) is 17.9 Å². The zero-order chi connectivity index (χ0) is 26.8. The topological polar surface area (TPSA) is 136 Å². The summed E-state index contributed by atoms with van der Waals surface area (Å²) in [5.74, 6) is 0.514. The van der Waals surface area contributed by atoms with E-state index >= 15 is 0 Å². The van der Waals surface area contributed by atoms with Gasteiger partial charge in [0.05, 0.1) is 55.1 Å². The Morgan fingerprint density at radius 2 is 1.97 bits per heavy atom. The first-order valence-electron chi connectivity index (χ1n) is 12.6. The molecular weight excluding hydrogens is 486 g/mol. The van der Waals surface area contributed by atoms with Crippen LogP contribution in [0.1, 0.15) is 38.6 Å². The van der Waals surface area contributed by atoms with Crippen molar-refractivity contribution in [2.24, 2.45) is 13.0 Å². The van der Waals surface area contributed by atoms with Gasteiger partial charge in [-0.1, -0.05) is 31.2 Å². The number of nitrogens with zero attached hydrogens (tertiary/aromatic N) is 7. The van der Waals surface area contributed by atoms with Gasteiger partial charge in [0.25, 0.3) is 0 Å². The summed E-state index contributed by atoms with van der Waals surface area (Å²) < 4.78 is 8.33. The minimum atomic E-state index is -0.666. The molecule has 1 aromatic carbocycles. The normalized spacial score (nSPS) is 16.1. The van der Waals surface area contributed by atoms with Gasteiger partial charge in [0.15, 0.2) is 0 Å². The molecule has 0 spiro atoms. The maximum absolute atomic E-state index is 13.4. The van der Waals surface area contributed by atoms with Crippen molar-refractivity contribution < 1.29 is 14.3 Å². The van der Waals surface area contributed by atoms with E-state index in [2.05, 4.69) is 30.6 Å². The molecule has 0 bridgehead atoms. The monoisotopic (exact) mass is 517 g/mol. The number of ether oxygens (including phenoxy) is 1. The number of likely N-dealkylation sites (tertiary alicyclic amines) is 1. The lowest BCUT2D eigenvalue weighted by molar-refractivity contribution is -0.135. The molecule has 1 aliphatic rings. The van der Waals surface area contributed by atoms with Crippen molar-refractivity contribution in [3.63, 3.8) is 0 Å². The van der Waals surface area contributed by atoms with Crippen molar-refractivity contribution >= 4 is 12.0 Å². The van der Waals surface area contributed by atoms with Crippen LogP contribution in [0.4, 0.5) is 4.79 Å². The summed E-state index contributed by atoms with van der Waals surface area (Å²) >= 11 is 0. The number of carbonyl (C=O) groups excluding carboxylic acids is 2. The van der Waals surface area contributed by atoms with Gasteiger partial charge in [-0.25, -0.2) is 19.4 Å². The average molecular weight is 518 g/mol. The molecule has 0 saturated carbocycles. The second-order valence-corrected chi connectivity index (χ2v) is 9.71. The number of aromatic nitrogens is 7. The Hall–Kier alpha value is -4.48. The second kappa shape index (κ2) is 10.5. The van der Waals surface area contributed by atoms with Gasteiger partial charge >= 0.3 is 6.09 Å². The maximum Gasteiger partial charge on any atom is 0.407 e. The van der Waals surface area contributed by atoms with Crippen molar-refractivity contribution in [2.75, 3.05) is 13.7 Å². The molecule has 2 atom stereocenters. The van der Waals surface area contributed by atoms with Crippen LogP contribution in [0.2, 0.25) is 0 Å². The van der Waals surface area contributed by atoms with E-state index in [4.69, 9.17) is 4.74 Å². The first-order valence-corrected chi connectivity index (χ1v) is 12.6. The van der Waals surface area contributed by atoms with Crippen LogP contribution in [0.15, 0.2) is 49.2 Å². The van der Waals surface area contributed by atoms with Crippen LogP contribution in [0.25, 0.3) is 28.3 Å². The first-order chi connectivity index (χ1) is 18.4. The van der Waals surface area contributed by atoms with Crippen molar-refractivity contribution in [2.45, 2.75) is 38.8 Å². The fourth-order valence-corrected chi connectivity index (χ4v) is 4.75. The number of H-pyrrole nitrogens is 1. The zero-order valence-corrected chi connectivity index (χ0v) is 21.8. The highest BCUT2D eigenvalue weighted by molar-refractivity contribution is 5.86.